The lowest BCUT2D eigenvalue weighted by atomic mass is 9.62. The monoisotopic (exact) mass is 374 g/mol. The molecule has 2 aliphatic rings. The maximum Gasteiger partial charge on any atom is 0.223 e. The Balaban J connectivity index is 1.79. The number of hydrogen-bond donors (Lipinski definition) is 0. The predicted octanol–water partition coefficient (Wildman–Crippen LogP) is 3.82. The number of nitrogens with zero attached hydrogens (tertiary/aromatic N) is 2. The highest BCUT2D eigenvalue weighted by Gasteiger charge is 2.48. The molecule has 148 valence electrons. The highest BCUT2D eigenvalue weighted by molar-refractivity contribution is 5.79. The fourth-order valence-corrected chi connectivity index (χ4v) is 4.57. The van der Waals surface area contributed by atoms with E-state index in [0.717, 1.165) is 18.4 Å². The molecule has 0 aliphatic carbocycles. The van der Waals surface area contributed by atoms with Gasteiger partial charge in [0.2, 0.25) is 11.8 Å². The van der Waals surface area contributed by atoms with Gasteiger partial charge in [-0.05, 0) is 41.4 Å². The minimum Gasteiger partial charge on any atom is -0.345 e. The third kappa shape index (κ3) is 4.33. The van der Waals surface area contributed by atoms with Crippen LogP contribution in [-0.2, 0) is 9.59 Å². The standard InChI is InChI=1S/C22H31FN2O2/c1-21(2,3)13-20(27)25-11-9-22(10-12-25)14-19(26)24(4)15-18(22)16-5-7-17(23)8-6-16/h5-8,18H,9-15H2,1-4H3. The number of carbonyl (C=O) groups is 2. The summed E-state index contributed by atoms with van der Waals surface area (Å²) in [5, 5.41) is 0. The first-order chi connectivity index (χ1) is 12.6. The van der Waals surface area contributed by atoms with Crippen LogP contribution in [0.15, 0.2) is 24.3 Å². The van der Waals surface area contributed by atoms with Crippen LogP contribution < -0.4 is 0 Å². The average molecular weight is 375 g/mol. The summed E-state index contributed by atoms with van der Waals surface area (Å²) in [6.07, 6.45) is 2.70. The molecule has 1 aromatic rings. The predicted molar refractivity (Wildman–Crippen MR) is 104 cm³/mol. The van der Waals surface area contributed by atoms with E-state index in [1.165, 1.54) is 12.1 Å². The molecule has 0 aromatic heterocycles. The lowest BCUT2D eigenvalue weighted by Crippen LogP contribution is -2.53. The lowest BCUT2D eigenvalue weighted by molar-refractivity contribution is -0.142. The highest BCUT2D eigenvalue weighted by atomic mass is 19.1. The van der Waals surface area contributed by atoms with Crippen molar-refractivity contribution in [3.05, 3.63) is 35.6 Å². The van der Waals surface area contributed by atoms with Crippen molar-refractivity contribution in [1.82, 2.24) is 9.80 Å². The van der Waals surface area contributed by atoms with Crippen molar-refractivity contribution in [2.45, 2.75) is 52.4 Å². The molecule has 2 heterocycles. The Labute approximate surface area is 161 Å². The molecule has 1 aromatic carbocycles. The van der Waals surface area contributed by atoms with E-state index >= 15 is 0 Å². The van der Waals surface area contributed by atoms with Crippen molar-refractivity contribution in [1.29, 1.82) is 0 Å². The molecule has 2 amide bonds. The van der Waals surface area contributed by atoms with Gasteiger partial charge in [0.25, 0.3) is 0 Å². The van der Waals surface area contributed by atoms with Crippen LogP contribution in [-0.4, -0.2) is 48.3 Å². The van der Waals surface area contributed by atoms with Gasteiger partial charge in [-0.1, -0.05) is 32.9 Å². The fourth-order valence-electron chi connectivity index (χ4n) is 4.57. The van der Waals surface area contributed by atoms with Gasteiger partial charge in [0.1, 0.15) is 5.82 Å². The average Bonchev–Trinajstić information content (AvgIpc) is 2.58. The zero-order chi connectivity index (χ0) is 19.8. The van der Waals surface area contributed by atoms with Gasteiger partial charge in [-0.2, -0.15) is 0 Å². The molecule has 2 aliphatic heterocycles. The molecule has 0 saturated carbocycles. The van der Waals surface area contributed by atoms with Crippen molar-refractivity contribution in [3.63, 3.8) is 0 Å². The van der Waals surface area contributed by atoms with Crippen molar-refractivity contribution in [3.8, 4) is 0 Å². The zero-order valence-electron chi connectivity index (χ0n) is 16.9. The van der Waals surface area contributed by atoms with E-state index in [-0.39, 0.29) is 34.4 Å². The van der Waals surface area contributed by atoms with Crippen molar-refractivity contribution in [2.75, 3.05) is 26.7 Å². The van der Waals surface area contributed by atoms with Gasteiger partial charge in [-0.3, -0.25) is 9.59 Å². The van der Waals surface area contributed by atoms with E-state index in [2.05, 4.69) is 20.8 Å². The molecule has 2 saturated heterocycles. The van der Waals surface area contributed by atoms with E-state index < -0.39 is 0 Å². The summed E-state index contributed by atoms with van der Waals surface area (Å²) < 4.78 is 13.4. The first-order valence-electron chi connectivity index (χ1n) is 9.87. The van der Waals surface area contributed by atoms with Crippen LogP contribution in [0.2, 0.25) is 0 Å². The van der Waals surface area contributed by atoms with Crippen LogP contribution >= 0.6 is 0 Å². The third-order valence-corrected chi connectivity index (χ3v) is 6.19. The second kappa shape index (κ2) is 7.25. The summed E-state index contributed by atoms with van der Waals surface area (Å²) in [6, 6.07) is 6.70. The third-order valence-electron chi connectivity index (χ3n) is 6.19. The first-order valence-corrected chi connectivity index (χ1v) is 9.87. The SMILES string of the molecule is CN1CC(c2ccc(F)cc2)C2(CCN(C(=O)CC(C)(C)C)CC2)CC1=O. The smallest absolute Gasteiger partial charge is 0.223 e. The van der Waals surface area contributed by atoms with Crippen LogP contribution in [0.25, 0.3) is 0 Å². The van der Waals surface area contributed by atoms with E-state index in [4.69, 9.17) is 0 Å². The minimum atomic E-state index is -0.240. The second-order valence-corrected chi connectivity index (χ2v) is 9.54. The van der Waals surface area contributed by atoms with Gasteiger partial charge in [-0.25, -0.2) is 4.39 Å². The number of carbonyl (C=O) groups excluding carboxylic acids is 2. The summed E-state index contributed by atoms with van der Waals surface area (Å²) in [7, 11) is 1.84. The molecule has 1 unspecified atom stereocenters. The molecular weight excluding hydrogens is 343 g/mol. The van der Waals surface area contributed by atoms with Gasteiger partial charge in [-0.15, -0.1) is 0 Å². The Kier molecular flexibility index (Phi) is 5.33. The Bertz CT molecular complexity index is 700. The molecule has 0 N–H and O–H groups in total. The lowest BCUT2D eigenvalue weighted by Gasteiger charge is -2.51. The molecule has 1 spiro atoms. The molecule has 0 bridgehead atoms. The van der Waals surface area contributed by atoms with E-state index in [1.807, 2.05) is 24.1 Å². The van der Waals surface area contributed by atoms with Crippen molar-refractivity contribution >= 4 is 11.8 Å². The maximum atomic E-state index is 13.4. The number of halogens is 1. The number of rotatable bonds is 2. The normalized spacial score (nSPS) is 23.0. The van der Waals surface area contributed by atoms with E-state index in [9.17, 15) is 14.0 Å². The van der Waals surface area contributed by atoms with Gasteiger partial charge in [0, 0.05) is 45.4 Å². The Morgan fingerprint density at radius 3 is 2.33 bits per heavy atom. The van der Waals surface area contributed by atoms with E-state index in [0.29, 0.717) is 32.5 Å². The second-order valence-electron chi connectivity index (χ2n) is 9.54. The molecule has 3 rings (SSSR count). The van der Waals surface area contributed by atoms with Gasteiger partial charge >= 0.3 is 0 Å². The Hall–Kier alpha value is -1.91. The summed E-state index contributed by atoms with van der Waals surface area (Å²) >= 11 is 0. The molecular formula is C22H31FN2O2. The molecule has 4 nitrogen and oxygen atoms in total. The zero-order valence-corrected chi connectivity index (χ0v) is 16.9. The number of amides is 2. The quantitative estimate of drug-likeness (QED) is 0.790. The van der Waals surface area contributed by atoms with Crippen molar-refractivity contribution in [2.24, 2.45) is 10.8 Å². The van der Waals surface area contributed by atoms with Crippen LogP contribution in [0.4, 0.5) is 4.39 Å². The fraction of sp³-hybridized carbons (Fsp3) is 0.636. The maximum absolute atomic E-state index is 13.4. The molecule has 27 heavy (non-hydrogen) atoms. The summed E-state index contributed by atoms with van der Waals surface area (Å²) in [6.45, 7) is 8.29. The first kappa shape index (κ1) is 19.8. The van der Waals surface area contributed by atoms with Crippen molar-refractivity contribution < 1.29 is 14.0 Å². The highest BCUT2D eigenvalue weighted by Crippen LogP contribution is 2.50. The van der Waals surface area contributed by atoms with Gasteiger partial charge in [0.05, 0.1) is 0 Å². The molecule has 2 fully saturated rings. The van der Waals surface area contributed by atoms with Gasteiger partial charge < -0.3 is 9.80 Å². The summed E-state index contributed by atoms with van der Waals surface area (Å²) in [5.41, 5.74) is 0.928. The number of likely N-dealkylation sites (tertiary alicyclic amines) is 2. The number of likely N-dealkylation sites (N-methyl/N-ethyl adjacent to an activating group) is 1. The summed E-state index contributed by atoms with van der Waals surface area (Å²) in [4.78, 5) is 28.8. The van der Waals surface area contributed by atoms with Crippen LogP contribution in [0.3, 0.4) is 0 Å². The van der Waals surface area contributed by atoms with Gasteiger partial charge in [0.15, 0.2) is 0 Å². The Morgan fingerprint density at radius 1 is 1.19 bits per heavy atom. The van der Waals surface area contributed by atoms with Crippen LogP contribution in [0.1, 0.15) is 57.9 Å². The summed E-state index contributed by atoms with van der Waals surface area (Å²) in [5.74, 6) is 0.314. The van der Waals surface area contributed by atoms with Crippen LogP contribution in [0.5, 0.6) is 0 Å². The number of benzene rings is 1. The molecule has 0 radical (unpaired) electrons. The van der Waals surface area contributed by atoms with Crippen LogP contribution in [0, 0.1) is 16.6 Å². The number of piperidine rings is 2. The molecule has 5 heteroatoms. The largest absolute Gasteiger partial charge is 0.345 e. The van der Waals surface area contributed by atoms with E-state index in [1.54, 1.807) is 4.90 Å². The number of hydrogen-bond acceptors (Lipinski definition) is 2. The minimum absolute atomic E-state index is 0.0214. The topological polar surface area (TPSA) is 40.6 Å². The molecule has 1 atom stereocenters. The Morgan fingerprint density at radius 2 is 1.78 bits per heavy atom.